The Balaban J connectivity index is 1.59. The van der Waals surface area contributed by atoms with Gasteiger partial charge in [-0.25, -0.2) is 9.97 Å². The van der Waals surface area contributed by atoms with Gasteiger partial charge in [0, 0.05) is 27.8 Å². The molecule has 2 aliphatic rings. The number of fused-ring (bicyclic) bond motifs is 8. The van der Waals surface area contributed by atoms with E-state index in [1.165, 1.54) is 72.8 Å². The molecule has 0 saturated carbocycles. The molecule has 3 aromatic carbocycles. The van der Waals surface area contributed by atoms with Crippen LogP contribution < -0.4 is 0 Å². The molecule has 0 aliphatic carbocycles. The van der Waals surface area contributed by atoms with Crippen molar-refractivity contribution in [2.24, 2.45) is 0 Å². The summed E-state index contributed by atoms with van der Waals surface area (Å²) in [6.07, 6.45) is 7.27. The molecule has 270 valence electrons. The van der Waals surface area contributed by atoms with E-state index in [9.17, 15) is 38.9 Å². The molecule has 6 aromatic rings. The highest BCUT2D eigenvalue weighted by Crippen LogP contribution is 2.44. The molecule has 13 nitrogen and oxygen atoms in total. The number of H-pyrrole nitrogens is 1. The lowest BCUT2D eigenvalue weighted by atomic mass is 9.96. The highest BCUT2D eigenvalue weighted by atomic mass is 32.2. The van der Waals surface area contributed by atoms with Crippen LogP contribution in [0.2, 0.25) is 0 Å². The molecule has 8 rings (SSSR count). The summed E-state index contributed by atoms with van der Waals surface area (Å²) in [4.78, 5) is 12.0. The van der Waals surface area contributed by atoms with Crippen molar-refractivity contribution in [2.45, 2.75) is 14.7 Å². The lowest BCUT2D eigenvalue weighted by Crippen LogP contribution is -1.99. The highest BCUT2D eigenvalue weighted by Gasteiger charge is 2.23. The van der Waals surface area contributed by atoms with Crippen LogP contribution in [0.25, 0.3) is 74.3 Å². The lowest BCUT2D eigenvalue weighted by molar-refractivity contribution is 0.481. The largest absolute Gasteiger partial charge is 0.355 e. The summed E-state index contributed by atoms with van der Waals surface area (Å²) in [5, 5.41) is 0. The Kier molecular flexibility index (Phi) is 8.33. The van der Waals surface area contributed by atoms with Crippen molar-refractivity contribution in [3.05, 3.63) is 132 Å². The van der Waals surface area contributed by atoms with Gasteiger partial charge in [0.25, 0.3) is 30.4 Å². The molecule has 0 saturated heterocycles. The first-order valence-electron chi connectivity index (χ1n) is 16.0. The summed E-state index contributed by atoms with van der Waals surface area (Å²) < 4.78 is 103. The Hall–Kier alpha value is -6.01. The van der Waals surface area contributed by atoms with Gasteiger partial charge < -0.3 is 9.55 Å². The Labute approximate surface area is 308 Å². The second-order valence-electron chi connectivity index (χ2n) is 12.4. The van der Waals surface area contributed by atoms with E-state index in [1.54, 1.807) is 24.3 Å². The van der Waals surface area contributed by atoms with Crippen molar-refractivity contribution in [1.29, 1.82) is 0 Å². The molecule has 16 heteroatoms. The third-order valence-electron chi connectivity index (χ3n) is 8.79. The topological polar surface area (TPSA) is 210 Å². The third-order valence-corrected chi connectivity index (χ3v) is 11.4. The quantitative estimate of drug-likeness (QED) is 0.124. The Bertz CT molecular complexity index is 2920. The number of aromatic amines is 1. The molecule has 8 bridgehead atoms. The molecule has 0 atom stereocenters. The predicted octanol–water partition coefficient (Wildman–Crippen LogP) is 7.19. The first-order chi connectivity index (χ1) is 25.6. The zero-order valence-corrected chi connectivity index (χ0v) is 30.0. The minimum absolute atomic E-state index is 0.339. The van der Waals surface area contributed by atoms with E-state index in [0.717, 1.165) is 11.0 Å². The fourth-order valence-corrected chi connectivity index (χ4v) is 7.85. The van der Waals surface area contributed by atoms with E-state index in [4.69, 9.17) is 9.97 Å². The minimum atomic E-state index is -4.55. The average Bonchev–Trinajstić information content (AvgIpc) is 3.92. The summed E-state index contributed by atoms with van der Waals surface area (Å²) in [7, 11) is -13.7. The Morgan fingerprint density at radius 2 is 0.778 bits per heavy atom. The van der Waals surface area contributed by atoms with Crippen molar-refractivity contribution in [3.63, 3.8) is 0 Å². The number of hydrogen-bond donors (Lipinski definition) is 4. The van der Waals surface area contributed by atoms with Crippen LogP contribution in [0.1, 0.15) is 22.8 Å². The second kappa shape index (κ2) is 12.8. The number of rotatable bonds is 6. The van der Waals surface area contributed by atoms with E-state index in [2.05, 4.69) is 4.98 Å². The summed E-state index contributed by atoms with van der Waals surface area (Å²) >= 11 is 0. The molecule has 0 radical (unpaired) electrons. The molecule has 3 aromatic heterocycles. The van der Waals surface area contributed by atoms with Gasteiger partial charge in [-0.1, -0.05) is 24.3 Å². The highest BCUT2D eigenvalue weighted by molar-refractivity contribution is 7.86. The van der Waals surface area contributed by atoms with E-state index in [1.807, 2.05) is 41.0 Å². The molecule has 0 amide bonds. The van der Waals surface area contributed by atoms with Crippen LogP contribution in [0.5, 0.6) is 0 Å². The van der Waals surface area contributed by atoms with Crippen LogP contribution in [-0.4, -0.2) is 58.4 Å². The maximum atomic E-state index is 12.0. The predicted molar refractivity (Wildman–Crippen MR) is 204 cm³/mol. The number of hydrogen-bond acceptors (Lipinski definition) is 8. The van der Waals surface area contributed by atoms with Gasteiger partial charge in [-0.05, 0) is 120 Å². The smallest absolute Gasteiger partial charge is 0.294 e. The fourth-order valence-electron chi connectivity index (χ4n) is 6.41. The van der Waals surface area contributed by atoms with Crippen molar-refractivity contribution < 1.29 is 38.9 Å². The molecule has 2 aliphatic heterocycles. The summed E-state index contributed by atoms with van der Waals surface area (Å²) in [5.74, 6) is 0. The van der Waals surface area contributed by atoms with Gasteiger partial charge in [-0.15, -0.1) is 0 Å². The zero-order valence-electron chi connectivity index (χ0n) is 27.6. The van der Waals surface area contributed by atoms with Crippen LogP contribution in [0.15, 0.2) is 124 Å². The SMILES string of the molecule is O=S(=O)(O)c1ccc(-c2c(-c3ccc(S(=O)(=O)O)cc3)c3cc4nc(cc5ccc(cc6nc(cc2n3-c2ccc(S(=O)(=O)O)cc2)C=C6)[nH]5)C=C4)cc1. The van der Waals surface area contributed by atoms with E-state index < -0.39 is 30.4 Å². The first kappa shape index (κ1) is 35.0. The van der Waals surface area contributed by atoms with Gasteiger partial charge in [0.1, 0.15) is 0 Å². The van der Waals surface area contributed by atoms with Gasteiger partial charge in [0.15, 0.2) is 0 Å². The molecule has 0 spiro atoms. The van der Waals surface area contributed by atoms with E-state index >= 15 is 0 Å². The summed E-state index contributed by atoms with van der Waals surface area (Å²) in [6, 6.07) is 27.7. The van der Waals surface area contributed by atoms with E-state index in [-0.39, 0.29) is 14.7 Å². The molecule has 0 unspecified atom stereocenters. The molecule has 0 fully saturated rings. The van der Waals surface area contributed by atoms with Gasteiger partial charge in [0.2, 0.25) is 0 Å². The van der Waals surface area contributed by atoms with E-state index in [0.29, 0.717) is 61.8 Å². The normalized spacial score (nSPS) is 13.0. The summed E-state index contributed by atoms with van der Waals surface area (Å²) in [5.41, 5.74) is 7.27. The van der Waals surface area contributed by atoms with Gasteiger partial charge >= 0.3 is 0 Å². The summed E-state index contributed by atoms with van der Waals surface area (Å²) in [6.45, 7) is 0. The molecular weight excluding hydrogens is 753 g/mol. The van der Waals surface area contributed by atoms with Gasteiger partial charge in [-0.2, -0.15) is 25.3 Å². The zero-order chi connectivity index (χ0) is 38.0. The second-order valence-corrected chi connectivity index (χ2v) is 16.6. The first-order valence-corrected chi connectivity index (χ1v) is 20.3. The minimum Gasteiger partial charge on any atom is -0.355 e. The van der Waals surface area contributed by atoms with Crippen molar-refractivity contribution in [1.82, 2.24) is 19.5 Å². The van der Waals surface area contributed by atoms with Crippen molar-refractivity contribution >= 4 is 76.7 Å². The van der Waals surface area contributed by atoms with Crippen molar-refractivity contribution in [3.8, 4) is 27.9 Å². The third kappa shape index (κ3) is 6.80. The molecular formula is C38H26N4O9S3. The van der Waals surface area contributed by atoms with Gasteiger partial charge in [-0.3, -0.25) is 13.7 Å². The lowest BCUT2D eigenvalue weighted by Gasteiger charge is -2.09. The maximum Gasteiger partial charge on any atom is 0.294 e. The number of benzene rings is 3. The monoisotopic (exact) mass is 778 g/mol. The van der Waals surface area contributed by atoms with Crippen LogP contribution in [0.3, 0.4) is 0 Å². The van der Waals surface area contributed by atoms with Crippen LogP contribution >= 0.6 is 0 Å². The van der Waals surface area contributed by atoms with Crippen LogP contribution in [-0.2, 0) is 30.4 Å². The maximum absolute atomic E-state index is 12.0. The molecule has 4 N–H and O–H groups in total. The standard InChI is InChI=1S/C38H26N4O9S3/c43-52(44,45)32-13-1-23(2-14-32)37-35-21-29-9-7-27(40-29)19-25-5-6-26(39-25)20-28-8-10-30(41-28)22-36(38(37)24-3-15-33(16-4-24)53(46,47)48)42(35)31-11-17-34(18-12-31)54(49,50)51/h1-22,39H,(H,43,44,45)(H,46,47,48)(H,49,50,51). The number of nitrogens with zero attached hydrogens (tertiary/aromatic N) is 3. The average molecular weight is 779 g/mol. The number of nitrogens with one attached hydrogen (secondary N) is 1. The fraction of sp³-hybridized carbons (Fsp3) is 0. The Morgan fingerprint density at radius 1 is 0.444 bits per heavy atom. The number of aromatic nitrogens is 4. The van der Waals surface area contributed by atoms with Crippen LogP contribution in [0.4, 0.5) is 0 Å². The van der Waals surface area contributed by atoms with Gasteiger partial charge in [0.05, 0.1) is 48.5 Å². The molecule has 5 heterocycles. The van der Waals surface area contributed by atoms with Crippen molar-refractivity contribution in [2.75, 3.05) is 0 Å². The molecule has 54 heavy (non-hydrogen) atoms. The van der Waals surface area contributed by atoms with Crippen LogP contribution in [0, 0.1) is 0 Å². The Morgan fingerprint density at radius 3 is 1.13 bits per heavy atom.